The number of pyridine rings is 3. The zero-order chi connectivity index (χ0) is 48.5. The molecule has 0 aliphatic rings. The maximum Gasteiger partial charge on any atom is 3.00 e. The Morgan fingerprint density at radius 2 is 0.708 bits per heavy atom. The molecule has 3 heterocycles. The Balaban J connectivity index is 0.000000224. The molecule has 4 nitrogen and oxygen atoms in total. The first kappa shape index (κ1) is 49.6. The first-order chi connectivity index (χ1) is 35.1. The molecule has 8 aromatic carbocycles. The standard InChI is InChI=1S/C45H33N2.2C11H8N.Ir/c1-3-33-20-24-42(25-21-33)47(43-26-22-34(4-2)23-27-43)44-18-10-16-40(32-44)38-14-8-12-36(30-38)35-11-7-13-37(29-35)39-15-9-17-41(31-39)45-19-5-6-28-46-45;2*1-2-6-10(7-3-1)11-8-4-5-9-12-11;/h3-16,18-32H,1-2H2;2*1-6,8-9H;/q3*-1;+3. The molecule has 3 aromatic heterocycles. The fourth-order valence-corrected chi connectivity index (χ4v) is 8.01. The smallest absolute Gasteiger partial charge is 0.310 e. The molecule has 0 aliphatic carbocycles. The van der Waals surface area contributed by atoms with E-state index in [-0.39, 0.29) is 20.1 Å². The van der Waals surface area contributed by atoms with Crippen LogP contribution in [0.4, 0.5) is 17.1 Å². The number of anilines is 3. The van der Waals surface area contributed by atoms with Crippen molar-refractivity contribution in [3.8, 4) is 67.2 Å². The molecule has 0 saturated carbocycles. The van der Waals surface area contributed by atoms with Crippen molar-refractivity contribution in [2.45, 2.75) is 0 Å². The topological polar surface area (TPSA) is 41.9 Å². The van der Waals surface area contributed by atoms with Gasteiger partial charge in [-0.05, 0) is 123 Å². The first-order valence-corrected chi connectivity index (χ1v) is 23.4. The summed E-state index contributed by atoms with van der Waals surface area (Å²) in [7, 11) is 0. The SMILES string of the molecule is C=Cc1ccc(N(c2ccc(C=C)cc2)c2cccc(-c3cccc(-c4cccc(-c5cc[c-]c(-c6ccccn6)c5)c4)c3)c2)cc1.[Ir+3].[c-]1ccccc1-c1ccccn1.[c-]1ccccc1-c1ccccn1. The van der Waals surface area contributed by atoms with E-state index in [4.69, 9.17) is 0 Å². The number of aromatic nitrogens is 3. The quantitative estimate of drug-likeness (QED) is 0.121. The van der Waals surface area contributed by atoms with Crippen LogP contribution < -0.4 is 4.90 Å². The fourth-order valence-electron chi connectivity index (χ4n) is 8.01. The third-order valence-electron chi connectivity index (χ3n) is 11.6. The molecule has 0 atom stereocenters. The molecular weight excluding hydrogens is 1050 g/mol. The van der Waals surface area contributed by atoms with E-state index < -0.39 is 0 Å². The van der Waals surface area contributed by atoms with Crippen LogP contribution >= 0.6 is 0 Å². The number of rotatable bonds is 11. The summed E-state index contributed by atoms with van der Waals surface area (Å²) in [6, 6.07) is 92.4. The molecule has 0 N–H and O–H groups in total. The van der Waals surface area contributed by atoms with Gasteiger partial charge >= 0.3 is 20.1 Å². The summed E-state index contributed by atoms with van der Waals surface area (Å²) in [4.78, 5) is 15.2. The zero-order valence-corrected chi connectivity index (χ0v) is 41.9. The van der Waals surface area contributed by atoms with E-state index in [0.29, 0.717) is 0 Å². The molecule has 0 bridgehead atoms. The minimum absolute atomic E-state index is 0. The van der Waals surface area contributed by atoms with Gasteiger partial charge in [0, 0.05) is 35.7 Å². The molecule has 5 heteroatoms. The predicted molar refractivity (Wildman–Crippen MR) is 297 cm³/mol. The van der Waals surface area contributed by atoms with Gasteiger partial charge in [-0.2, -0.15) is 0 Å². The molecule has 72 heavy (non-hydrogen) atoms. The molecular formula is C67H49IrN4. The van der Waals surface area contributed by atoms with Crippen LogP contribution in [0.2, 0.25) is 0 Å². The van der Waals surface area contributed by atoms with Crippen molar-refractivity contribution >= 4 is 29.2 Å². The second kappa shape index (κ2) is 25.1. The second-order valence-corrected chi connectivity index (χ2v) is 16.3. The molecule has 0 amide bonds. The van der Waals surface area contributed by atoms with Gasteiger partial charge in [0.15, 0.2) is 0 Å². The zero-order valence-electron chi connectivity index (χ0n) is 39.5. The third-order valence-corrected chi connectivity index (χ3v) is 11.6. The normalized spacial score (nSPS) is 10.2. The summed E-state index contributed by atoms with van der Waals surface area (Å²) in [5, 5.41) is 0. The van der Waals surface area contributed by atoms with Gasteiger partial charge in [0.25, 0.3) is 0 Å². The fraction of sp³-hybridized carbons (Fsp3) is 0. The summed E-state index contributed by atoms with van der Waals surface area (Å²) in [5.41, 5.74) is 18.3. The number of hydrogen-bond acceptors (Lipinski definition) is 4. The predicted octanol–water partition coefficient (Wildman–Crippen LogP) is 17.4. The molecule has 0 saturated heterocycles. The second-order valence-electron chi connectivity index (χ2n) is 16.3. The van der Waals surface area contributed by atoms with Gasteiger partial charge in [-0.15, -0.1) is 107 Å². The van der Waals surface area contributed by atoms with Crippen LogP contribution in [0.1, 0.15) is 11.1 Å². The van der Waals surface area contributed by atoms with Gasteiger partial charge in [0.05, 0.1) is 0 Å². The summed E-state index contributed by atoms with van der Waals surface area (Å²) in [6.07, 6.45) is 9.13. The molecule has 0 unspecified atom stereocenters. The van der Waals surface area contributed by atoms with E-state index in [2.05, 4.69) is 185 Å². The molecule has 346 valence electrons. The van der Waals surface area contributed by atoms with Crippen LogP contribution in [0.5, 0.6) is 0 Å². The van der Waals surface area contributed by atoms with Crippen LogP contribution in [-0.2, 0) is 20.1 Å². The van der Waals surface area contributed by atoms with Gasteiger partial charge < -0.3 is 19.9 Å². The van der Waals surface area contributed by atoms with Crippen LogP contribution in [0.25, 0.3) is 79.3 Å². The Morgan fingerprint density at radius 3 is 1.11 bits per heavy atom. The van der Waals surface area contributed by atoms with Crippen molar-refractivity contribution in [2.24, 2.45) is 0 Å². The number of nitrogens with zero attached hydrogens (tertiary/aromatic N) is 4. The van der Waals surface area contributed by atoms with E-state index in [1.807, 2.05) is 128 Å². The molecule has 11 aromatic rings. The Hall–Kier alpha value is -8.86. The minimum Gasteiger partial charge on any atom is -0.310 e. The van der Waals surface area contributed by atoms with Gasteiger partial charge in [-0.3, -0.25) is 0 Å². The van der Waals surface area contributed by atoms with E-state index in [1.54, 1.807) is 12.4 Å². The van der Waals surface area contributed by atoms with Gasteiger partial charge in [0.1, 0.15) is 0 Å². The van der Waals surface area contributed by atoms with Crippen molar-refractivity contribution in [1.29, 1.82) is 0 Å². The average molecular weight is 1100 g/mol. The number of benzene rings is 8. The Kier molecular flexibility index (Phi) is 17.3. The summed E-state index contributed by atoms with van der Waals surface area (Å²) >= 11 is 0. The third kappa shape index (κ3) is 12.9. The van der Waals surface area contributed by atoms with E-state index >= 15 is 0 Å². The first-order valence-electron chi connectivity index (χ1n) is 23.4. The van der Waals surface area contributed by atoms with E-state index in [9.17, 15) is 0 Å². The molecule has 0 spiro atoms. The summed E-state index contributed by atoms with van der Waals surface area (Å²) in [5.74, 6) is 0. The average Bonchev–Trinajstić information content (AvgIpc) is 3.47. The molecule has 0 aliphatic heterocycles. The summed E-state index contributed by atoms with van der Waals surface area (Å²) < 4.78 is 0. The monoisotopic (exact) mass is 1100 g/mol. The number of hydrogen-bond donors (Lipinski definition) is 0. The van der Waals surface area contributed by atoms with Gasteiger partial charge in [-0.25, -0.2) is 0 Å². The van der Waals surface area contributed by atoms with Gasteiger partial charge in [0.2, 0.25) is 0 Å². The molecule has 0 radical (unpaired) electrons. The van der Waals surface area contributed by atoms with Gasteiger partial charge in [-0.1, -0.05) is 135 Å². The minimum atomic E-state index is 0. The maximum atomic E-state index is 4.51. The van der Waals surface area contributed by atoms with Crippen molar-refractivity contribution < 1.29 is 20.1 Å². The van der Waals surface area contributed by atoms with Crippen molar-refractivity contribution in [3.63, 3.8) is 0 Å². The molecule has 11 rings (SSSR count). The van der Waals surface area contributed by atoms with E-state index in [0.717, 1.165) is 84.2 Å². The van der Waals surface area contributed by atoms with Crippen LogP contribution in [0.15, 0.2) is 274 Å². The van der Waals surface area contributed by atoms with Crippen LogP contribution in [-0.4, -0.2) is 15.0 Å². The van der Waals surface area contributed by atoms with Crippen molar-refractivity contribution in [1.82, 2.24) is 15.0 Å². The van der Waals surface area contributed by atoms with E-state index in [1.165, 1.54) is 11.1 Å². The maximum absolute atomic E-state index is 4.51. The van der Waals surface area contributed by atoms with Crippen molar-refractivity contribution in [3.05, 3.63) is 304 Å². The Morgan fingerprint density at radius 1 is 0.319 bits per heavy atom. The van der Waals surface area contributed by atoms with Crippen LogP contribution in [0, 0.1) is 18.2 Å². The van der Waals surface area contributed by atoms with Crippen molar-refractivity contribution in [2.75, 3.05) is 4.90 Å². The molecule has 0 fully saturated rings. The summed E-state index contributed by atoms with van der Waals surface area (Å²) in [6.45, 7) is 7.85. The van der Waals surface area contributed by atoms with Crippen LogP contribution in [0.3, 0.4) is 0 Å². The Labute approximate surface area is 437 Å². The Bertz CT molecular complexity index is 3220. The largest absolute Gasteiger partial charge is 3.00 e.